The number of hydrogen-bond donors (Lipinski definition) is 4. The maximum absolute atomic E-state index is 4.91. The van der Waals surface area contributed by atoms with Crippen molar-refractivity contribution in [1.29, 1.82) is 0 Å². The number of aromatic nitrogens is 2. The Morgan fingerprint density at radius 3 is 1.05 bits per heavy atom. The van der Waals surface area contributed by atoms with Crippen LogP contribution in [0.5, 0.6) is 0 Å². The van der Waals surface area contributed by atoms with Gasteiger partial charge < -0.3 is 21.3 Å². The Morgan fingerprint density at radius 1 is 0.409 bits per heavy atom. The number of nitrogens with one attached hydrogen (secondary N) is 4. The van der Waals surface area contributed by atoms with Gasteiger partial charge in [0.2, 0.25) is 0 Å². The number of rotatable bonds is 13. The molecule has 0 unspecified atom stereocenters. The van der Waals surface area contributed by atoms with Gasteiger partial charge in [-0.25, -0.2) is 9.97 Å². The van der Waals surface area contributed by atoms with Crippen LogP contribution in [0, 0.1) is 27.7 Å². The fourth-order valence-corrected chi connectivity index (χ4v) is 6.00. The summed E-state index contributed by atoms with van der Waals surface area (Å²) >= 11 is 0. The van der Waals surface area contributed by atoms with Gasteiger partial charge in [0.15, 0.2) is 0 Å². The first-order valence-corrected chi connectivity index (χ1v) is 16.0. The van der Waals surface area contributed by atoms with E-state index in [0.29, 0.717) is 0 Å². The van der Waals surface area contributed by atoms with Crippen molar-refractivity contribution in [2.75, 3.05) is 49.9 Å². The molecule has 0 radical (unpaired) electrons. The molecule has 44 heavy (non-hydrogen) atoms. The molecule has 4 aromatic carbocycles. The molecule has 6 heteroatoms. The maximum Gasteiger partial charge on any atom is 0.0730 e. The standard InChI is InChI=1S/C38H44N6/c1-25-7-11-33-29(21-25)37(30-22-26(2)8-12-34(30)43-33)41-17-5-15-39-19-20-40-16-6-18-42-38-31-23-27(3)9-13-35(31)44-36-14-10-28(4)24-32(36)38/h7-14,21-24,39-40H,5-6,15-20H2,1-4H3,(H,41,43)(H,42,44). The molecule has 0 bridgehead atoms. The molecule has 6 aromatic rings. The molecule has 0 aliphatic carbocycles. The number of benzene rings is 4. The van der Waals surface area contributed by atoms with E-state index in [4.69, 9.17) is 9.97 Å². The summed E-state index contributed by atoms with van der Waals surface area (Å²) in [4.78, 5) is 9.81. The Labute approximate surface area is 260 Å². The topological polar surface area (TPSA) is 73.9 Å². The van der Waals surface area contributed by atoms with Crippen LogP contribution in [0.4, 0.5) is 11.4 Å². The quantitative estimate of drug-likeness (QED) is 0.0820. The first kappa shape index (κ1) is 29.8. The first-order chi connectivity index (χ1) is 21.5. The van der Waals surface area contributed by atoms with E-state index in [9.17, 15) is 0 Å². The summed E-state index contributed by atoms with van der Waals surface area (Å²) < 4.78 is 0. The lowest BCUT2D eigenvalue weighted by molar-refractivity contribution is 0.595. The monoisotopic (exact) mass is 584 g/mol. The van der Waals surface area contributed by atoms with Gasteiger partial charge in [-0.05, 0) is 102 Å². The Hall–Kier alpha value is -4.26. The molecule has 0 spiro atoms. The van der Waals surface area contributed by atoms with Crippen LogP contribution in [0.1, 0.15) is 35.1 Å². The van der Waals surface area contributed by atoms with Gasteiger partial charge >= 0.3 is 0 Å². The molecule has 6 nitrogen and oxygen atoms in total. The van der Waals surface area contributed by atoms with Crippen LogP contribution in [-0.2, 0) is 0 Å². The lowest BCUT2D eigenvalue weighted by Crippen LogP contribution is -2.29. The molecule has 0 atom stereocenters. The van der Waals surface area contributed by atoms with Crippen LogP contribution in [0.3, 0.4) is 0 Å². The summed E-state index contributed by atoms with van der Waals surface area (Å²) in [6.07, 6.45) is 2.11. The van der Waals surface area contributed by atoms with E-state index in [0.717, 1.165) is 74.2 Å². The van der Waals surface area contributed by atoms with Gasteiger partial charge in [0.1, 0.15) is 0 Å². The van der Waals surface area contributed by atoms with Crippen molar-refractivity contribution in [2.24, 2.45) is 0 Å². The number of fused-ring (bicyclic) bond motifs is 4. The van der Waals surface area contributed by atoms with Crippen LogP contribution in [0.2, 0.25) is 0 Å². The predicted molar refractivity (Wildman–Crippen MR) is 189 cm³/mol. The molecule has 0 aliphatic rings. The summed E-state index contributed by atoms with van der Waals surface area (Å²) in [5.74, 6) is 0. The van der Waals surface area contributed by atoms with Crippen molar-refractivity contribution in [2.45, 2.75) is 40.5 Å². The van der Waals surface area contributed by atoms with Crippen molar-refractivity contribution >= 4 is 55.0 Å². The van der Waals surface area contributed by atoms with E-state index in [1.807, 2.05) is 0 Å². The van der Waals surface area contributed by atoms with Crippen LogP contribution >= 0.6 is 0 Å². The highest BCUT2D eigenvalue weighted by Crippen LogP contribution is 2.33. The Bertz CT molecular complexity index is 1670. The number of pyridine rings is 2. The summed E-state index contributed by atoms with van der Waals surface area (Å²) in [6, 6.07) is 26.1. The smallest absolute Gasteiger partial charge is 0.0730 e. The van der Waals surface area contributed by atoms with Gasteiger partial charge in [0.05, 0.1) is 33.4 Å². The van der Waals surface area contributed by atoms with Crippen molar-refractivity contribution < 1.29 is 0 Å². The van der Waals surface area contributed by atoms with Gasteiger partial charge in [-0.3, -0.25) is 0 Å². The van der Waals surface area contributed by atoms with E-state index in [1.54, 1.807) is 0 Å². The van der Waals surface area contributed by atoms with E-state index in [2.05, 4.69) is 122 Å². The zero-order valence-electron chi connectivity index (χ0n) is 26.5. The molecule has 0 fully saturated rings. The summed E-state index contributed by atoms with van der Waals surface area (Å²) in [7, 11) is 0. The Balaban J connectivity index is 0.934. The van der Waals surface area contributed by atoms with Crippen molar-refractivity contribution in [3.63, 3.8) is 0 Å². The van der Waals surface area contributed by atoms with Crippen LogP contribution in [0.25, 0.3) is 43.6 Å². The zero-order chi connectivity index (χ0) is 30.5. The lowest BCUT2D eigenvalue weighted by Gasteiger charge is -2.15. The number of anilines is 2. The fourth-order valence-electron chi connectivity index (χ4n) is 6.00. The third-order valence-corrected chi connectivity index (χ3v) is 8.31. The van der Waals surface area contributed by atoms with Gasteiger partial charge in [0.25, 0.3) is 0 Å². The fraction of sp³-hybridized carbons (Fsp3) is 0.316. The SMILES string of the molecule is Cc1ccc2nc3ccc(C)cc3c(NCCCNCCNCCCNc3c4cc(C)ccc4nc4ccc(C)cc34)c2c1. The van der Waals surface area contributed by atoms with Crippen molar-refractivity contribution in [3.05, 3.63) is 95.1 Å². The molecule has 0 aliphatic heterocycles. The average Bonchev–Trinajstić information content (AvgIpc) is 3.01. The van der Waals surface area contributed by atoms with Crippen LogP contribution < -0.4 is 21.3 Å². The van der Waals surface area contributed by atoms with E-state index >= 15 is 0 Å². The van der Waals surface area contributed by atoms with E-state index < -0.39 is 0 Å². The average molecular weight is 585 g/mol. The Kier molecular flexibility index (Phi) is 9.20. The largest absolute Gasteiger partial charge is 0.384 e. The minimum Gasteiger partial charge on any atom is -0.384 e. The normalized spacial score (nSPS) is 11.6. The third kappa shape index (κ3) is 6.77. The van der Waals surface area contributed by atoms with E-state index in [1.165, 1.54) is 55.2 Å². The van der Waals surface area contributed by atoms with Gasteiger partial charge in [0, 0.05) is 47.7 Å². The molecule has 2 heterocycles. The first-order valence-electron chi connectivity index (χ1n) is 16.0. The molecule has 4 N–H and O–H groups in total. The van der Waals surface area contributed by atoms with Gasteiger partial charge in [-0.2, -0.15) is 0 Å². The minimum atomic E-state index is 0.916. The number of nitrogens with zero attached hydrogens (tertiary/aromatic N) is 2. The molecular weight excluding hydrogens is 540 g/mol. The second-order valence-corrected chi connectivity index (χ2v) is 12.1. The summed E-state index contributed by atoms with van der Waals surface area (Å²) in [5.41, 5.74) is 11.6. The van der Waals surface area contributed by atoms with Crippen LogP contribution in [0.15, 0.2) is 72.8 Å². The molecule has 226 valence electrons. The van der Waals surface area contributed by atoms with Crippen LogP contribution in [-0.4, -0.2) is 49.2 Å². The molecule has 0 saturated heterocycles. The Morgan fingerprint density at radius 2 is 0.727 bits per heavy atom. The van der Waals surface area contributed by atoms with Gasteiger partial charge in [-0.15, -0.1) is 0 Å². The molecular formula is C38H44N6. The summed E-state index contributed by atoms with van der Waals surface area (Å²) in [6.45, 7) is 14.3. The highest BCUT2D eigenvalue weighted by molar-refractivity contribution is 6.08. The molecule has 0 amide bonds. The number of hydrogen-bond acceptors (Lipinski definition) is 6. The molecule has 2 aromatic heterocycles. The van der Waals surface area contributed by atoms with E-state index in [-0.39, 0.29) is 0 Å². The lowest BCUT2D eigenvalue weighted by atomic mass is 10.0. The highest BCUT2D eigenvalue weighted by Gasteiger charge is 2.11. The van der Waals surface area contributed by atoms with Crippen molar-refractivity contribution in [1.82, 2.24) is 20.6 Å². The predicted octanol–water partition coefficient (Wildman–Crippen LogP) is 7.81. The maximum atomic E-state index is 4.91. The third-order valence-electron chi connectivity index (χ3n) is 8.31. The number of aryl methyl sites for hydroxylation is 4. The molecule has 6 rings (SSSR count). The second-order valence-electron chi connectivity index (χ2n) is 12.1. The van der Waals surface area contributed by atoms with Crippen molar-refractivity contribution in [3.8, 4) is 0 Å². The second kappa shape index (κ2) is 13.6. The van der Waals surface area contributed by atoms with Gasteiger partial charge in [-0.1, -0.05) is 46.5 Å². The minimum absolute atomic E-state index is 0.916. The zero-order valence-corrected chi connectivity index (χ0v) is 26.5. The highest BCUT2D eigenvalue weighted by atomic mass is 15.0. The summed E-state index contributed by atoms with van der Waals surface area (Å²) in [5, 5.41) is 19.5. The molecule has 0 saturated carbocycles.